The average Bonchev–Trinajstić information content (AvgIpc) is 3.27. The van der Waals surface area contributed by atoms with Crippen molar-refractivity contribution >= 4 is 23.6 Å². The van der Waals surface area contributed by atoms with Gasteiger partial charge in [-0.25, -0.2) is 4.79 Å². The molecular formula is C21H34N4O5. The molecule has 0 aromatic carbocycles. The normalized spacial score (nSPS) is 22.8. The predicted octanol–water partition coefficient (Wildman–Crippen LogP) is 0.864. The molecule has 1 unspecified atom stereocenters. The molecule has 0 aromatic rings. The van der Waals surface area contributed by atoms with Gasteiger partial charge < -0.3 is 25.6 Å². The van der Waals surface area contributed by atoms with Crippen molar-refractivity contribution < 1.29 is 23.9 Å². The molecule has 0 aromatic heterocycles. The second-order valence-corrected chi connectivity index (χ2v) is 8.69. The third kappa shape index (κ3) is 5.50. The van der Waals surface area contributed by atoms with Gasteiger partial charge >= 0.3 is 6.03 Å². The highest BCUT2D eigenvalue weighted by Crippen LogP contribution is 2.29. The largest absolute Gasteiger partial charge is 0.378 e. The van der Waals surface area contributed by atoms with Gasteiger partial charge in [0.25, 0.3) is 5.91 Å². The summed E-state index contributed by atoms with van der Waals surface area (Å²) in [5.74, 6) is -1.69. The maximum atomic E-state index is 13.2. The summed E-state index contributed by atoms with van der Waals surface area (Å²) in [6.45, 7) is 3.46. The van der Waals surface area contributed by atoms with Crippen LogP contribution in [-0.4, -0.2) is 72.5 Å². The van der Waals surface area contributed by atoms with E-state index >= 15 is 0 Å². The first kappa shape index (κ1) is 22.5. The molecule has 0 bridgehead atoms. The zero-order valence-electron chi connectivity index (χ0n) is 17.8. The van der Waals surface area contributed by atoms with E-state index < -0.39 is 29.2 Å². The van der Waals surface area contributed by atoms with Crippen LogP contribution in [0.4, 0.5) is 4.79 Å². The molecule has 0 radical (unpaired) electrons. The summed E-state index contributed by atoms with van der Waals surface area (Å²) in [6, 6.07) is -1.19. The summed E-state index contributed by atoms with van der Waals surface area (Å²) in [5.41, 5.74) is -1.05. The molecule has 3 fully saturated rings. The lowest BCUT2D eigenvalue weighted by Crippen LogP contribution is -2.64. The highest BCUT2D eigenvalue weighted by Gasteiger charge is 2.43. The molecule has 9 heteroatoms. The van der Waals surface area contributed by atoms with E-state index in [2.05, 4.69) is 16.0 Å². The van der Waals surface area contributed by atoms with Crippen LogP contribution in [0, 0.1) is 0 Å². The van der Waals surface area contributed by atoms with Crippen LogP contribution in [0.15, 0.2) is 0 Å². The van der Waals surface area contributed by atoms with Crippen LogP contribution in [0.3, 0.4) is 0 Å². The van der Waals surface area contributed by atoms with Gasteiger partial charge in [-0.2, -0.15) is 0 Å². The average molecular weight is 423 g/mol. The fourth-order valence-corrected chi connectivity index (χ4v) is 4.54. The van der Waals surface area contributed by atoms with Gasteiger partial charge in [0.1, 0.15) is 5.54 Å². The molecule has 1 heterocycles. The van der Waals surface area contributed by atoms with E-state index in [1.807, 2.05) is 0 Å². The lowest BCUT2D eigenvalue weighted by Gasteiger charge is -2.39. The molecule has 9 nitrogen and oxygen atoms in total. The third-order valence-corrected chi connectivity index (χ3v) is 6.44. The molecule has 3 rings (SSSR count). The Morgan fingerprint density at radius 1 is 0.967 bits per heavy atom. The minimum atomic E-state index is -1.05. The monoisotopic (exact) mass is 422 g/mol. The quantitative estimate of drug-likeness (QED) is 0.549. The van der Waals surface area contributed by atoms with Crippen molar-refractivity contribution in [2.45, 2.75) is 82.3 Å². The molecule has 0 spiro atoms. The number of morpholine rings is 1. The standard InChI is InChI=1S/C21H34N4O5/c1-15(17(26)18(27)23-16-7-3-4-8-16)22-19(28)21(9-5-2-6-10-21)24-20(29)25-11-13-30-14-12-25/h15-16H,2-14H2,1H3,(H,22,28)(H,23,27)(H,24,29). The van der Waals surface area contributed by atoms with Gasteiger partial charge in [0.2, 0.25) is 11.7 Å². The van der Waals surface area contributed by atoms with E-state index in [0.717, 1.165) is 44.9 Å². The second kappa shape index (κ2) is 10.2. The summed E-state index contributed by atoms with van der Waals surface area (Å²) >= 11 is 0. The lowest BCUT2D eigenvalue weighted by atomic mass is 9.80. The Morgan fingerprint density at radius 3 is 2.23 bits per heavy atom. The molecule has 3 aliphatic rings. The SMILES string of the molecule is CC(NC(=O)C1(NC(=O)N2CCOCC2)CCCCC1)C(=O)C(=O)NC1CCCC1. The number of nitrogens with one attached hydrogen (secondary N) is 3. The van der Waals surface area contributed by atoms with Gasteiger partial charge in [-0.15, -0.1) is 0 Å². The van der Waals surface area contributed by atoms with Gasteiger partial charge in [-0.05, 0) is 32.6 Å². The van der Waals surface area contributed by atoms with E-state index in [0.29, 0.717) is 39.1 Å². The summed E-state index contributed by atoms with van der Waals surface area (Å²) in [5, 5.41) is 8.41. The molecule has 30 heavy (non-hydrogen) atoms. The van der Waals surface area contributed by atoms with Gasteiger partial charge in [0.15, 0.2) is 0 Å². The van der Waals surface area contributed by atoms with E-state index in [9.17, 15) is 19.2 Å². The number of carbonyl (C=O) groups is 4. The number of carbonyl (C=O) groups excluding carboxylic acids is 4. The first-order valence-corrected chi connectivity index (χ1v) is 11.2. The van der Waals surface area contributed by atoms with Crippen LogP contribution >= 0.6 is 0 Å². The molecule has 1 saturated heterocycles. The number of ketones is 1. The molecule has 1 aliphatic heterocycles. The number of nitrogens with zero attached hydrogens (tertiary/aromatic N) is 1. The van der Waals surface area contributed by atoms with Gasteiger partial charge in [-0.1, -0.05) is 32.1 Å². The summed E-state index contributed by atoms with van der Waals surface area (Å²) in [7, 11) is 0. The Balaban J connectivity index is 1.60. The van der Waals surface area contributed by atoms with Crippen molar-refractivity contribution in [3.63, 3.8) is 0 Å². The highest BCUT2D eigenvalue weighted by atomic mass is 16.5. The number of urea groups is 1. The Bertz CT molecular complexity index is 650. The van der Waals surface area contributed by atoms with Crippen LogP contribution in [0.1, 0.15) is 64.7 Å². The van der Waals surface area contributed by atoms with E-state index in [1.165, 1.54) is 6.92 Å². The Kier molecular flexibility index (Phi) is 7.69. The van der Waals surface area contributed by atoms with Gasteiger partial charge in [0, 0.05) is 19.1 Å². The van der Waals surface area contributed by atoms with Crippen molar-refractivity contribution in [3.8, 4) is 0 Å². The molecule has 168 valence electrons. The summed E-state index contributed by atoms with van der Waals surface area (Å²) in [6.07, 6.45) is 7.55. The van der Waals surface area contributed by atoms with Crippen LogP contribution in [0.25, 0.3) is 0 Å². The fourth-order valence-electron chi connectivity index (χ4n) is 4.54. The summed E-state index contributed by atoms with van der Waals surface area (Å²) < 4.78 is 5.28. The molecule has 1 atom stereocenters. The topological polar surface area (TPSA) is 117 Å². The number of rotatable bonds is 6. The zero-order chi connectivity index (χ0) is 21.6. The first-order chi connectivity index (χ1) is 14.4. The van der Waals surface area contributed by atoms with Crippen LogP contribution in [0.5, 0.6) is 0 Å². The molecule has 4 amide bonds. The smallest absolute Gasteiger partial charge is 0.318 e. The van der Waals surface area contributed by atoms with E-state index in [4.69, 9.17) is 4.74 Å². The van der Waals surface area contributed by atoms with E-state index in [1.54, 1.807) is 4.90 Å². The van der Waals surface area contributed by atoms with Crippen molar-refractivity contribution in [1.29, 1.82) is 0 Å². The van der Waals surface area contributed by atoms with Gasteiger partial charge in [-0.3, -0.25) is 14.4 Å². The second-order valence-electron chi connectivity index (χ2n) is 8.69. The van der Waals surface area contributed by atoms with Crippen molar-refractivity contribution in [2.24, 2.45) is 0 Å². The van der Waals surface area contributed by atoms with Crippen molar-refractivity contribution in [2.75, 3.05) is 26.3 Å². The molecule has 2 saturated carbocycles. The van der Waals surface area contributed by atoms with Crippen LogP contribution in [-0.2, 0) is 19.1 Å². The highest BCUT2D eigenvalue weighted by molar-refractivity contribution is 6.38. The molecule has 3 N–H and O–H groups in total. The number of ether oxygens (including phenoxy) is 1. The number of hydrogen-bond donors (Lipinski definition) is 3. The molecular weight excluding hydrogens is 388 g/mol. The third-order valence-electron chi connectivity index (χ3n) is 6.44. The van der Waals surface area contributed by atoms with Crippen molar-refractivity contribution in [3.05, 3.63) is 0 Å². The van der Waals surface area contributed by atoms with Crippen molar-refractivity contribution in [1.82, 2.24) is 20.9 Å². The van der Waals surface area contributed by atoms with Crippen LogP contribution < -0.4 is 16.0 Å². The predicted molar refractivity (Wildman–Crippen MR) is 110 cm³/mol. The zero-order valence-corrected chi connectivity index (χ0v) is 17.8. The number of hydrogen-bond acceptors (Lipinski definition) is 5. The Morgan fingerprint density at radius 2 is 1.60 bits per heavy atom. The molecule has 2 aliphatic carbocycles. The minimum absolute atomic E-state index is 0.0434. The Labute approximate surface area is 177 Å². The summed E-state index contributed by atoms with van der Waals surface area (Å²) in [4.78, 5) is 52.3. The number of amides is 4. The minimum Gasteiger partial charge on any atom is -0.378 e. The number of Topliss-reactive ketones (excluding diaryl/α,β-unsaturated/α-hetero) is 1. The fraction of sp³-hybridized carbons (Fsp3) is 0.810. The van der Waals surface area contributed by atoms with E-state index in [-0.39, 0.29) is 12.1 Å². The lowest BCUT2D eigenvalue weighted by molar-refractivity contribution is -0.141. The maximum absolute atomic E-state index is 13.2. The maximum Gasteiger partial charge on any atom is 0.318 e. The first-order valence-electron chi connectivity index (χ1n) is 11.2. The van der Waals surface area contributed by atoms with Gasteiger partial charge in [0.05, 0.1) is 19.3 Å². The Hall–Kier alpha value is -2.16. The van der Waals surface area contributed by atoms with Crippen LogP contribution in [0.2, 0.25) is 0 Å².